The lowest BCUT2D eigenvalue weighted by Gasteiger charge is -2.34. The molecule has 1 unspecified atom stereocenters. The van der Waals surface area contributed by atoms with Gasteiger partial charge >= 0.3 is 0 Å². The fourth-order valence-corrected chi connectivity index (χ4v) is 2.42. The van der Waals surface area contributed by atoms with Crippen molar-refractivity contribution in [1.29, 1.82) is 0 Å². The zero-order valence-corrected chi connectivity index (χ0v) is 13.1. The topological polar surface area (TPSA) is 44.4 Å². The predicted octanol–water partition coefficient (Wildman–Crippen LogP) is 1.76. The van der Waals surface area contributed by atoms with Gasteiger partial charge in [0.25, 0.3) is 0 Å². The van der Waals surface area contributed by atoms with E-state index in [1.165, 1.54) is 19.3 Å². The van der Waals surface area contributed by atoms with Crippen LogP contribution in [0.15, 0.2) is 0 Å². The van der Waals surface area contributed by atoms with Gasteiger partial charge in [0.1, 0.15) is 0 Å². The number of hydrogen-bond donors (Lipinski definition) is 2. The number of amides is 1. The van der Waals surface area contributed by atoms with Crippen LogP contribution in [0, 0.1) is 0 Å². The van der Waals surface area contributed by atoms with Gasteiger partial charge < -0.3 is 10.6 Å². The second-order valence-corrected chi connectivity index (χ2v) is 6.31. The van der Waals surface area contributed by atoms with Gasteiger partial charge in [-0.05, 0) is 52.6 Å². The van der Waals surface area contributed by atoms with Gasteiger partial charge in [-0.1, -0.05) is 13.8 Å². The molecule has 1 atom stereocenters. The van der Waals surface area contributed by atoms with E-state index in [1.807, 2.05) is 0 Å². The van der Waals surface area contributed by atoms with E-state index in [0.717, 1.165) is 26.1 Å². The fourth-order valence-electron chi connectivity index (χ4n) is 2.42. The summed E-state index contributed by atoms with van der Waals surface area (Å²) in [7, 11) is 0. The van der Waals surface area contributed by atoms with Crippen molar-refractivity contribution in [2.24, 2.45) is 0 Å². The van der Waals surface area contributed by atoms with Crippen molar-refractivity contribution in [2.45, 2.75) is 65.0 Å². The molecule has 0 aliphatic carbocycles. The first kappa shape index (κ1) is 16.4. The molecule has 0 spiro atoms. The molecule has 0 bridgehead atoms. The number of piperidine rings is 1. The summed E-state index contributed by atoms with van der Waals surface area (Å²) in [4.78, 5) is 14.3. The second-order valence-electron chi connectivity index (χ2n) is 6.31. The van der Waals surface area contributed by atoms with Crippen LogP contribution in [-0.4, -0.2) is 48.6 Å². The van der Waals surface area contributed by atoms with Crippen LogP contribution >= 0.6 is 0 Å². The molecule has 4 nitrogen and oxygen atoms in total. The quantitative estimate of drug-likeness (QED) is 0.740. The lowest BCUT2D eigenvalue weighted by molar-refractivity contribution is -0.124. The molecule has 1 aliphatic heterocycles. The summed E-state index contributed by atoms with van der Waals surface area (Å²) < 4.78 is 0. The van der Waals surface area contributed by atoms with E-state index >= 15 is 0 Å². The van der Waals surface area contributed by atoms with Crippen LogP contribution in [0.4, 0.5) is 0 Å². The molecule has 1 aliphatic rings. The van der Waals surface area contributed by atoms with Crippen molar-refractivity contribution >= 4 is 5.91 Å². The Morgan fingerprint density at radius 2 is 2.11 bits per heavy atom. The standard InChI is InChI=1S/C15H31N3O/c1-5-9-16-13-8-7-10-18(11-13)12-14(19)17-15(3,4)6-2/h13,16H,5-12H2,1-4H3,(H,17,19). The van der Waals surface area contributed by atoms with E-state index in [9.17, 15) is 4.79 Å². The summed E-state index contributed by atoms with van der Waals surface area (Å²) in [5, 5.41) is 6.67. The Hall–Kier alpha value is -0.610. The first-order valence-corrected chi connectivity index (χ1v) is 7.73. The molecule has 2 N–H and O–H groups in total. The highest BCUT2D eigenvalue weighted by Crippen LogP contribution is 2.11. The van der Waals surface area contributed by atoms with Gasteiger partial charge in [0.05, 0.1) is 6.54 Å². The number of carbonyl (C=O) groups is 1. The summed E-state index contributed by atoms with van der Waals surface area (Å²) >= 11 is 0. The molecule has 112 valence electrons. The fraction of sp³-hybridized carbons (Fsp3) is 0.933. The zero-order chi connectivity index (χ0) is 14.3. The summed E-state index contributed by atoms with van der Waals surface area (Å²) in [6.45, 7) is 12.1. The van der Waals surface area contributed by atoms with Crippen LogP contribution in [0.5, 0.6) is 0 Å². The van der Waals surface area contributed by atoms with E-state index in [-0.39, 0.29) is 11.4 Å². The summed E-state index contributed by atoms with van der Waals surface area (Å²) in [5.74, 6) is 0.156. The third-order valence-electron chi connectivity index (χ3n) is 3.92. The number of carbonyl (C=O) groups excluding carboxylic acids is 1. The SMILES string of the molecule is CCCNC1CCCN(CC(=O)NC(C)(C)CC)C1. The minimum atomic E-state index is -0.0905. The molecule has 0 radical (unpaired) electrons. The van der Waals surface area contributed by atoms with Crippen LogP contribution in [0.25, 0.3) is 0 Å². The molecule has 1 saturated heterocycles. The zero-order valence-electron chi connectivity index (χ0n) is 13.1. The molecular formula is C15H31N3O. The Morgan fingerprint density at radius 3 is 2.74 bits per heavy atom. The highest BCUT2D eigenvalue weighted by molar-refractivity contribution is 5.78. The van der Waals surface area contributed by atoms with E-state index in [1.54, 1.807) is 0 Å². The minimum Gasteiger partial charge on any atom is -0.350 e. The Bertz CT molecular complexity index is 279. The van der Waals surface area contributed by atoms with Crippen LogP contribution in [0.1, 0.15) is 53.4 Å². The van der Waals surface area contributed by atoms with Crippen LogP contribution in [-0.2, 0) is 4.79 Å². The van der Waals surface area contributed by atoms with Gasteiger partial charge in [-0.25, -0.2) is 0 Å². The molecule has 0 aromatic rings. The second kappa shape index (κ2) is 7.85. The van der Waals surface area contributed by atoms with Crippen molar-refractivity contribution in [3.8, 4) is 0 Å². The lowest BCUT2D eigenvalue weighted by atomic mass is 10.0. The van der Waals surface area contributed by atoms with Gasteiger partial charge in [-0.2, -0.15) is 0 Å². The first-order valence-electron chi connectivity index (χ1n) is 7.73. The van der Waals surface area contributed by atoms with Crippen molar-refractivity contribution < 1.29 is 4.79 Å². The Labute approximate surface area is 118 Å². The summed E-state index contributed by atoms with van der Waals surface area (Å²) in [5.41, 5.74) is -0.0905. The molecular weight excluding hydrogens is 238 g/mol. The smallest absolute Gasteiger partial charge is 0.234 e. The van der Waals surface area contributed by atoms with Gasteiger partial charge in [0.15, 0.2) is 0 Å². The highest BCUT2D eigenvalue weighted by atomic mass is 16.2. The Morgan fingerprint density at radius 1 is 1.37 bits per heavy atom. The molecule has 0 aromatic carbocycles. The Kier molecular flexibility index (Phi) is 6.80. The Balaban J connectivity index is 2.33. The number of hydrogen-bond acceptors (Lipinski definition) is 3. The van der Waals surface area contributed by atoms with Crippen molar-refractivity contribution in [1.82, 2.24) is 15.5 Å². The van der Waals surface area contributed by atoms with E-state index in [4.69, 9.17) is 0 Å². The molecule has 1 amide bonds. The molecule has 0 saturated carbocycles. The lowest BCUT2D eigenvalue weighted by Crippen LogP contribution is -2.51. The molecule has 19 heavy (non-hydrogen) atoms. The number of likely N-dealkylation sites (tertiary alicyclic amines) is 1. The van der Waals surface area contributed by atoms with Crippen LogP contribution < -0.4 is 10.6 Å². The van der Waals surface area contributed by atoms with E-state index < -0.39 is 0 Å². The summed E-state index contributed by atoms with van der Waals surface area (Å²) in [6.07, 6.45) is 4.55. The van der Waals surface area contributed by atoms with Crippen molar-refractivity contribution in [3.05, 3.63) is 0 Å². The third kappa shape index (κ3) is 6.39. The van der Waals surface area contributed by atoms with E-state index in [2.05, 4.69) is 43.2 Å². The highest BCUT2D eigenvalue weighted by Gasteiger charge is 2.23. The molecule has 1 fully saturated rings. The maximum Gasteiger partial charge on any atom is 0.234 e. The minimum absolute atomic E-state index is 0.0905. The first-order chi connectivity index (χ1) is 8.96. The average molecular weight is 269 g/mol. The van der Waals surface area contributed by atoms with Gasteiger partial charge in [-0.15, -0.1) is 0 Å². The van der Waals surface area contributed by atoms with Crippen LogP contribution in [0.3, 0.4) is 0 Å². The van der Waals surface area contributed by atoms with E-state index in [0.29, 0.717) is 12.6 Å². The monoisotopic (exact) mass is 269 g/mol. The number of rotatable bonds is 7. The molecule has 0 aromatic heterocycles. The number of nitrogens with one attached hydrogen (secondary N) is 2. The normalized spacial score (nSPS) is 21.4. The average Bonchev–Trinajstić information content (AvgIpc) is 2.36. The van der Waals surface area contributed by atoms with Crippen LogP contribution in [0.2, 0.25) is 0 Å². The molecule has 1 heterocycles. The molecule has 4 heteroatoms. The summed E-state index contributed by atoms with van der Waals surface area (Å²) in [6, 6.07) is 0.556. The number of nitrogens with zero attached hydrogens (tertiary/aromatic N) is 1. The van der Waals surface area contributed by atoms with Gasteiger partial charge in [0.2, 0.25) is 5.91 Å². The van der Waals surface area contributed by atoms with Crippen molar-refractivity contribution in [2.75, 3.05) is 26.2 Å². The predicted molar refractivity (Wildman–Crippen MR) is 80.3 cm³/mol. The van der Waals surface area contributed by atoms with Gasteiger partial charge in [-0.3, -0.25) is 9.69 Å². The maximum absolute atomic E-state index is 12.0. The third-order valence-corrected chi connectivity index (χ3v) is 3.92. The maximum atomic E-state index is 12.0. The van der Waals surface area contributed by atoms with Gasteiger partial charge in [0, 0.05) is 18.1 Å². The molecule has 1 rings (SSSR count). The largest absolute Gasteiger partial charge is 0.350 e. The van der Waals surface area contributed by atoms with Crippen molar-refractivity contribution in [3.63, 3.8) is 0 Å².